The normalized spacial score (nSPS) is 11.9. The molecule has 1 amide bonds. The van der Waals surface area contributed by atoms with Gasteiger partial charge in [0.1, 0.15) is 5.56 Å². The molecule has 1 aromatic heterocycles. The Bertz CT molecular complexity index is 1130. The number of aryl methyl sites for hydroxylation is 3. The average Bonchev–Trinajstić information content (AvgIpc) is 2.92. The number of carbonyl (C=O) groups excluding carboxylic acids is 1. The summed E-state index contributed by atoms with van der Waals surface area (Å²) in [5, 5.41) is 11.5. The van der Waals surface area contributed by atoms with Crippen LogP contribution < -0.4 is 4.80 Å². The number of carbonyl (C=O) groups is 1. The van der Waals surface area contributed by atoms with Crippen LogP contribution in [-0.4, -0.2) is 15.4 Å². The summed E-state index contributed by atoms with van der Waals surface area (Å²) >= 11 is 7.33. The van der Waals surface area contributed by atoms with Gasteiger partial charge in [-0.05, 0) is 55.7 Å². The van der Waals surface area contributed by atoms with E-state index in [2.05, 4.69) is 17.1 Å². The van der Waals surface area contributed by atoms with Gasteiger partial charge in [0.2, 0.25) is 0 Å². The van der Waals surface area contributed by atoms with Gasteiger partial charge in [-0.3, -0.25) is 14.9 Å². The van der Waals surface area contributed by atoms with E-state index >= 15 is 0 Å². The number of rotatable bonds is 4. The monoisotopic (exact) mass is 403 g/mol. The second-order valence-corrected chi connectivity index (χ2v) is 7.72. The first-order valence-electron chi connectivity index (χ1n) is 8.45. The van der Waals surface area contributed by atoms with Gasteiger partial charge in [-0.1, -0.05) is 29.9 Å². The Morgan fingerprint density at radius 3 is 2.63 bits per heavy atom. The molecule has 0 atom stereocenters. The van der Waals surface area contributed by atoms with Crippen molar-refractivity contribution in [2.75, 3.05) is 0 Å². The zero-order chi connectivity index (χ0) is 19.7. The number of fused-ring (bicyclic) bond motifs is 1. The van der Waals surface area contributed by atoms with Gasteiger partial charge >= 0.3 is 0 Å². The van der Waals surface area contributed by atoms with Crippen molar-refractivity contribution in [2.45, 2.75) is 33.7 Å². The third-order valence-electron chi connectivity index (χ3n) is 4.33. The average molecular weight is 404 g/mol. The zero-order valence-electron chi connectivity index (χ0n) is 15.2. The second kappa shape index (κ2) is 7.62. The Hall–Kier alpha value is -2.51. The summed E-state index contributed by atoms with van der Waals surface area (Å²) in [6, 6.07) is 8.06. The molecule has 0 aliphatic carbocycles. The van der Waals surface area contributed by atoms with E-state index in [-0.39, 0.29) is 16.3 Å². The molecular weight excluding hydrogens is 386 g/mol. The molecule has 0 aliphatic rings. The van der Waals surface area contributed by atoms with E-state index in [1.807, 2.05) is 25.3 Å². The van der Waals surface area contributed by atoms with Crippen molar-refractivity contribution in [2.24, 2.45) is 4.99 Å². The topological polar surface area (TPSA) is 77.5 Å². The number of hydrogen-bond acceptors (Lipinski definition) is 4. The lowest BCUT2D eigenvalue weighted by Crippen LogP contribution is -2.17. The van der Waals surface area contributed by atoms with E-state index < -0.39 is 10.8 Å². The van der Waals surface area contributed by atoms with Crippen LogP contribution in [0.5, 0.6) is 0 Å². The highest BCUT2D eigenvalue weighted by Crippen LogP contribution is 2.25. The molecule has 3 rings (SSSR count). The lowest BCUT2D eigenvalue weighted by atomic mass is 10.1. The number of nitrogens with zero attached hydrogens (tertiary/aromatic N) is 3. The van der Waals surface area contributed by atoms with Crippen LogP contribution >= 0.6 is 22.9 Å². The molecule has 0 unspecified atom stereocenters. The molecule has 0 saturated carbocycles. The van der Waals surface area contributed by atoms with E-state index in [4.69, 9.17) is 11.6 Å². The summed E-state index contributed by atoms with van der Waals surface area (Å²) in [5.41, 5.74) is 2.92. The highest BCUT2D eigenvalue weighted by atomic mass is 35.5. The van der Waals surface area contributed by atoms with Crippen molar-refractivity contribution in [3.05, 3.63) is 67.0 Å². The van der Waals surface area contributed by atoms with Crippen molar-refractivity contribution in [1.82, 2.24) is 4.57 Å². The first-order chi connectivity index (χ1) is 12.8. The largest absolute Gasteiger partial charge is 0.316 e. The number of nitro groups is 1. The predicted molar refractivity (Wildman–Crippen MR) is 108 cm³/mol. The maximum Gasteiger partial charge on any atom is 0.286 e. The number of thiazole rings is 1. The Morgan fingerprint density at radius 2 is 1.96 bits per heavy atom. The molecule has 27 heavy (non-hydrogen) atoms. The third-order valence-corrected chi connectivity index (χ3v) is 5.60. The minimum absolute atomic E-state index is 0.111. The lowest BCUT2D eigenvalue weighted by Gasteiger charge is -2.05. The van der Waals surface area contributed by atoms with Crippen LogP contribution in [0, 0.1) is 24.0 Å². The maximum atomic E-state index is 12.7. The van der Waals surface area contributed by atoms with Gasteiger partial charge in [0.05, 0.1) is 15.1 Å². The Morgan fingerprint density at radius 1 is 1.26 bits per heavy atom. The second-order valence-electron chi connectivity index (χ2n) is 6.28. The van der Waals surface area contributed by atoms with Gasteiger partial charge in [0.15, 0.2) is 4.80 Å². The van der Waals surface area contributed by atoms with E-state index in [0.717, 1.165) is 27.8 Å². The summed E-state index contributed by atoms with van der Waals surface area (Å²) in [6.45, 7) is 6.83. The van der Waals surface area contributed by atoms with Crippen LogP contribution in [0.3, 0.4) is 0 Å². The molecule has 0 saturated heterocycles. The molecule has 1 heterocycles. The minimum atomic E-state index is -0.672. The summed E-state index contributed by atoms with van der Waals surface area (Å²) in [6.07, 6.45) is 0.872. The highest BCUT2D eigenvalue weighted by molar-refractivity contribution is 7.16. The smallest absolute Gasteiger partial charge is 0.286 e. The fourth-order valence-electron chi connectivity index (χ4n) is 2.83. The Labute approximate surface area is 164 Å². The van der Waals surface area contributed by atoms with Gasteiger partial charge in [-0.15, -0.1) is 0 Å². The summed E-state index contributed by atoms with van der Waals surface area (Å²) in [4.78, 5) is 28.1. The van der Waals surface area contributed by atoms with Crippen LogP contribution in [0.15, 0.2) is 35.3 Å². The number of nitro benzene ring substituents is 1. The molecule has 0 spiro atoms. The lowest BCUT2D eigenvalue weighted by molar-refractivity contribution is -0.385. The molecule has 140 valence electrons. The number of amides is 1. The summed E-state index contributed by atoms with van der Waals surface area (Å²) < 4.78 is 3.01. The molecule has 0 N–H and O–H groups in total. The van der Waals surface area contributed by atoms with Crippen molar-refractivity contribution in [3.63, 3.8) is 0 Å². The van der Waals surface area contributed by atoms with Crippen LogP contribution in [-0.2, 0) is 6.54 Å². The highest BCUT2D eigenvalue weighted by Gasteiger charge is 2.20. The van der Waals surface area contributed by atoms with Crippen LogP contribution in [0.1, 0.15) is 34.8 Å². The number of halogens is 1. The number of benzene rings is 2. The van der Waals surface area contributed by atoms with Crippen molar-refractivity contribution >= 4 is 44.7 Å². The minimum Gasteiger partial charge on any atom is -0.316 e. The Balaban J connectivity index is 2.21. The van der Waals surface area contributed by atoms with E-state index in [9.17, 15) is 14.9 Å². The summed E-state index contributed by atoms with van der Waals surface area (Å²) in [5.74, 6) is -0.672. The SMILES string of the molecule is CCCn1c(=NC(=O)c2cc(Cl)ccc2[N+](=O)[O-])sc2cc(C)c(C)cc21. The number of hydrogen-bond donors (Lipinski definition) is 0. The van der Waals surface area contributed by atoms with Crippen molar-refractivity contribution in [3.8, 4) is 0 Å². The van der Waals surface area contributed by atoms with E-state index in [1.54, 1.807) is 0 Å². The molecule has 2 aromatic carbocycles. The maximum absolute atomic E-state index is 12.7. The van der Waals surface area contributed by atoms with E-state index in [1.165, 1.54) is 29.5 Å². The van der Waals surface area contributed by atoms with Gasteiger partial charge in [-0.25, -0.2) is 0 Å². The van der Waals surface area contributed by atoms with Crippen LogP contribution in [0.4, 0.5) is 5.69 Å². The zero-order valence-corrected chi connectivity index (χ0v) is 16.7. The molecule has 6 nitrogen and oxygen atoms in total. The quantitative estimate of drug-likeness (QED) is 0.452. The van der Waals surface area contributed by atoms with Gasteiger partial charge < -0.3 is 4.57 Å². The van der Waals surface area contributed by atoms with Crippen LogP contribution in [0.25, 0.3) is 10.2 Å². The number of aromatic nitrogens is 1. The predicted octanol–water partition coefficient (Wildman–Crippen LogP) is 5.03. The molecular formula is C19H18ClN3O3S. The molecule has 0 aliphatic heterocycles. The fourth-order valence-corrected chi connectivity index (χ4v) is 4.14. The van der Waals surface area contributed by atoms with E-state index in [0.29, 0.717) is 11.3 Å². The first kappa shape index (κ1) is 19.3. The van der Waals surface area contributed by atoms with Gasteiger partial charge in [0.25, 0.3) is 11.6 Å². The fraction of sp³-hybridized carbons (Fsp3) is 0.263. The van der Waals surface area contributed by atoms with Gasteiger partial charge in [-0.2, -0.15) is 4.99 Å². The third kappa shape index (κ3) is 3.79. The van der Waals surface area contributed by atoms with Gasteiger partial charge in [0, 0.05) is 17.6 Å². The van der Waals surface area contributed by atoms with Crippen molar-refractivity contribution in [1.29, 1.82) is 0 Å². The van der Waals surface area contributed by atoms with Crippen molar-refractivity contribution < 1.29 is 9.72 Å². The molecule has 0 bridgehead atoms. The Kier molecular flexibility index (Phi) is 5.43. The molecule has 8 heteroatoms. The standard InChI is InChI=1S/C19H18ClN3O3S/c1-4-7-22-16-8-11(2)12(3)9-17(16)27-19(22)21-18(24)14-10-13(20)5-6-15(14)23(25)26/h5-6,8-10H,4,7H2,1-3H3. The molecule has 3 aromatic rings. The molecule has 0 fully saturated rings. The summed E-state index contributed by atoms with van der Waals surface area (Å²) in [7, 11) is 0. The molecule has 0 radical (unpaired) electrons. The van der Waals surface area contributed by atoms with Crippen LogP contribution in [0.2, 0.25) is 5.02 Å². The first-order valence-corrected chi connectivity index (χ1v) is 9.65.